The van der Waals surface area contributed by atoms with E-state index in [9.17, 15) is 4.39 Å². The number of ether oxygens (including phenoxy) is 1. The second-order valence-electron chi connectivity index (χ2n) is 4.39. The molecule has 0 aromatic heterocycles. The highest BCUT2D eigenvalue weighted by Gasteiger charge is 2.21. The van der Waals surface area contributed by atoms with Crippen molar-refractivity contribution in [2.75, 3.05) is 20.2 Å². The van der Waals surface area contributed by atoms with Crippen molar-refractivity contribution in [1.82, 2.24) is 5.32 Å². The number of aryl methyl sites for hydroxylation is 1. The van der Waals surface area contributed by atoms with E-state index in [0.717, 1.165) is 37.1 Å². The molecule has 0 radical (unpaired) electrons. The van der Waals surface area contributed by atoms with E-state index in [1.54, 1.807) is 7.11 Å². The molecule has 0 spiro atoms. The van der Waals surface area contributed by atoms with Gasteiger partial charge in [-0.2, -0.15) is 0 Å². The van der Waals surface area contributed by atoms with Crippen molar-refractivity contribution in [3.05, 3.63) is 29.1 Å². The summed E-state index contributed by atoms with van der Waals surface area (Å²) in [6.07, 6.45) is 2.11. The van der Waals surface area contributed by atoms with Gasteiger partial charge in [0.2, 0.25) is 0 Å². The average molecular weight is 223 g/mol. The van der Waals surface area contributed by atoms with Crippen molar-refractivity contribution in [1.29, 1.82) is 0 Å². The number of hydrogen-bond donors (Lipinski definition) is 1. The van der Waals surface area contributed by atoms with Gasteiger partial charge in [0.25, 0.3) is 0 Å². The molecular weight excluding hydrogens is 205 g/mol. The molecule has 1 saturated heterocycles. The third-order valence-corrected chi connectivity index (χ3v) is 3.20. The second kappa shape index (κ2) is 4.83. The number of benzene rings is 1. The van der Waals surface area contributed by atoms with Crippen LogP contribution in [0.15, 0.2) is 12.1 Å². The van der Waals surface area contributed by atoms with Gasteiger partial charge >= 0.3 is 0 Å². The van der Waals surface area contributed by atoms with Gasteiger partial charge in [0.1, 0.15) is 0 Å². The fraction of sp³-hybridized carbons (Fsp3) is 0.538. The molecule has 3 heteroatoms. The van der Waals surface area contributed by atoms with Crippen molar-refractivity contribution in [2.24, 2.45) is 0 Å². The number of halogens is 1. The maximum atomic E-state index is 13.7. The van der Waals surface area contributed by atoms with Crippen LogP contribution in [0.3, 0.4) is 0 Å². The third-order valence-electron chi connectivity index (χ3n) is 3.20. The Bertz CT molecular complexity index is 372. The summed E-state index contributed by atoms with van der Waals surface area (Å²) in [6.45, 7) is 3.93. The molecule has 1 aromatic rings. The standard InChI is InChI=1S/C13H18FNO/c1-9-7-11(10-3-5-15-6-4-10)13(16-2)12(14)8-9/h7-8,10,15H,3-6H2,1-2H3. The van der Waals surface area contributed by atoms with Crippen molar-refractivity contribution < 1.29 is 9.13 Å². The minimum absolute atomic E-state index is 0.240. The van der Waals surface area contributed by atoms with E-state index >= 15 is 0 Å². The molecule has 1 heterocycles. The maximum absolute atomic E-state index is 13.7. The first-order valence-corrected chi connectivity index (χ1v) is 5.77. The fourth-order valence-corrected chi connectivity index (χ4v) is 2.41. The van der Waals surface area contributed by atoms with Crippen molar-refractivity contribution >= 4 is 0 Å². The highest BCUT2D eigenvalue weighted by molar-refractivity contribution is 5.41. The molecule has 88 valence electrons. The maximum Gasteiger partial charge on any atom is 0.165 e. The molecule has 0 aliphatic carbocycles. The van der Waals surface area contributed by atoms with E-state index in [4.69, 9.17) is 4.74 Å². The van der Waals surface area contributed by atoms with Crippen LogP contribution < -0.4 is 10.1 Å². The van der Waals surface area contributed by atoms with Gasteiger partial charge in [0.05, 0.1) is 7.11 Å². The molecule has 1 aliphatic heterocycles. The van der Waals surface area contributed by atoms with Crippen molar-refractivity contribution in [3.63, 3.8) is 0 Å². The highest BCUT2D eigenvalue weighted by atomic mass is 19.1. The van der Waals surface area contributed by atoms with Gasteiger partial charge < -0.3 is 10.1 Å². The first-order chi connectivity index (χ1) is 7.72. The molecule has 2 rings (SSSR count). The number of hydrogen-bond acceptors (Lipinski definition) is 2. The summed E-state index contributed by atoms with van der Waals surface area (Å²) in [5, 5.41) is 3.32. The molecule has 0 unspecified atom stereocenters. The number of methoxy groups -OCH3 is 1. The lowest BCUT2D eigenvalue weighted by molar-refractivity contribution is 0.367. The van der Waals surface area contributed by atoms with Gasteiger partial charge in [-0.05, 0) is 50.4 Å². The van der Waals surface area contributed by atoms with Gasteiger partial charge in [-0.15, -0.1) is 0 Å². The molecule has 2 nitrogen and oxygen atoms in total. The second-order valence-corrected chi connectivity index (χ2v) is 4.39. The lowest BCUT2D eigenvalue weighted by Gasteiger charge is -2.25. The zero-order valence-electron chi connectivity index (χ0n) is 9.85. The van der Waals surface area contributed by atoms with E-state index in [0.29, 0.717) is 11.7 Å². The lowest BCUT2D eigenvalue weighted by atomic mass is 9.88. The lowest BCUT2D eigenvalue weighted by Crippen LogP contribution is -2.27. The van der Waals surface area contributed by atoms with Crippen molar-refractivity contribution in [3.8, 4) is 5.75 Å². The third kappa shape index (κ3) is 2.19. The summed E-state index contributed by atoms with van der Waals surface area (Å²) in [5.41, 5.74) is 1.99. The Hall–Kier alpha value is -1.09. The summed E-state index contributed by atoms with van der Waals surface area (Å²) in [6, 6.07) is 3.58. The first kappa shape index (κ1) is 11.4. The Morgan fingerprint density at radius 2 is 2.00 bits per heavy atom. The predicted molar refractivity (Wildman–Crippen MR) is 62.5 cm³/mol. The minimum Gasteiger partial charge on any atom is -0.493 e. The molecule has 1 aliphatic rings. The molecule has 0 saturated carbocycles. The van der Waals surface area contributed by atoms with Crippen LogP contribution >= 0.6 is 0 Å². The monoisotopic (exact) mass is 223 g/mol. The highest BCUT2D eigenvalue weighted by Crippen LogP contribution is 2.35. The minimum atomic E-state index is -0.240. The zero-order valence-corrected chi connectivity index (χ0v) is 9.85. The summed E-state index contributed by atoms with van der Waals surface area (Å²) in [7, 11) is 1.54. The number of rotatable bonds is 2. The van der Waals surface area contributed by atoms with Crippen LogP contribution in [-0.4, -0.2) is 20.2 Å². The van der Waals surface area contributed by atoms with Crippen LogP contribution in [0.4, 0.5) is 4.39 Å². The Balaban J connectivity index is 2.36. The van der Waals surface area contributed by atoms with Gasteiger partial charge in [0, 0.05) is 5.56 Å². The Labute approximate surface area is 95.8 Å². The number of piperidine rings is 1. The van der Waals surface area contributed by atoms with E-state index in [2.05, 4.69) is 11.4 Å². The van der Waals surface area contributed by atoms with Gasteiger partial charge in [-0.3, -0.25) is 0 Å². The molecule has 1 N–H and O–H groups in total. The van der Waals surface area contributed by atoms with Crippen LogP contribution in [0.25, 0.3) is 0 Å². The molecule has 1 fully saturated rings. The van der Waals surface area contributed by atoms with Crippen LogP contribution in [0.2, 0.25) is 0 Å². The van der Waals surface area contributed by atoms with Gasteiger partial charge in [-0.25, -0.2) is 4.39 Å². The SMILES string of the molecule is COc1c(F)cc(C)cc1C1CCNCC1. The van der Waals surface area contributed by atoms with E-state index in [-0.39, 0.29) is 5.82 Å². The topological polar surface area (TPSA) is 21.3 Å². The normalized spacial score (nSPS) is 17.4. The molecular formula is C13H18FNO. The van der Waals surface area contributed by atoms with Crippen LogP contribution in [-0.2, 0) is 0 Å². The quantitative estimate of drug-likeness (QED) is 0.832. The van der Waals surface area contributed by atoms with Crippen LogP contribution in [0.5, 0.6) is 5.75 Å². The fourth-order valence-electron chi connectivity index (χ4n) is 2.41. The molecule has 0 atom stereocenters. The van der Waals surface area contributed by atoms with Crippen LogP contribution in [0.1, 0.15) is 29.9 Å². The molecule has 1 aromatic carbocycles. The van der Waals surface area contributed by atoms with E-state index in [1.807, 2.05) is 6.92 Å². The Kier molecular flexibility index (Phi) is 3.44. The molecule has 0 amide bonds. The number of nitrogens with one attached hydrogen (secondary N) is 1. The zero-order chi connectivity index (χ0) is 11.5. The molecule has 0 bridgehead atoms. The summed E-state index contributed by atoms with van der Waals surface area (Å²) < 4.78 is 18.9. The largest absolute Gasteiger partial charge is 0.493 e. The summed E-state index contributed by atoms with van der Waals surface area (Å²) in [5.74, 6) is 0.610. The Morgan fingerprint density at radius 1 is 1.31 bits per heavy atom. The first-order valence-electron chi connectivity index (χ1n) is 5.77. The van der Waals surface area contributed by atoms with E-state index in [1.165, 1.54) is 6.07 Å². The van der Waals surface area contributed by atoms with Crippen LogP contribution in [0, 0.1) is 12.7 Å². The summed E-state index contributed by atoms with van der Waals surface area (Å²) in [4.78, 5) is 0. The van der Waals surface area contributed by atoms with Crippen molar-refractivity contribution in [2.45, 2.75) is 25.7 Å². The van der Waals surface area contributed by atoms with Gasteiger partial charge in [-0.1, -0.05) is 6.07 Å². The Morgan fingerprint density at radius 3 is 2.62 bits per heavy atom. The van der Waals surface area contributed by atoms with E-state index < -0.39 is 0 Å². The summed E-state index contributed by atoms with van der Waals surface area (Å²) >= 11 is 0. The van der Waals surface area contributed by atoms with Gasteiger partial charge in [0.15, 0.2) is 11.6 Å². The predicted octanol–water partition coefficient (Wildman–Crippen LogP) is 2.61. The molecule has 16 heavy (non-hydrogen) atoms. The average Bonchev–Trinajstić information content (AvgIpc) is 2.29. The smallest absolute Gasteiger partial charge is 0.165 e.